The van der Waals surface area contributed by atoms with E-state index in [1.54, 1.807) is 34.7 Å². The lowest BCUT2D eigenvalue weighted by molar-refractivity contribution is -0.120. The van der Waals surface area contributed by atoms with E-state index in [9.17, 15) is 14.0 Å². The SMILES string of the molecule is O=C(Nc1nccs1)C(c1ccccc1)N1Cc2ccc(-c3cccc(F)c3)cc2C1=O. The van der Waals surface area contributed by atoms with Crippen LogP contribution in [0, 0.1) is 5.82 Å². The molecule has 32 heavy (non-hydrogen) atoms. The lowest BCUT2D eigenvalue weighted by Gasteiger charge is -2.27. The highest BCUT2D eigenvalue weighted by atomic mass is 32.1. The van der Waals surface area contributed by atoms with Crippen LogP contribution in [0.15, 0.2) is 84.4 Å². The van der Waals surface area contributed by atoms with E-state index in [0.717, 1.165) is 11.1 Å². The van der Waals surface area contributed by atoms with Crippen LogP contribution in [0.25, 0.3) is 11.1 Å². The molecule has 0 bridgehead atoms. The van der Waals surface area contributed by atoms with Gasteiger partial charge in [-0.25, -0.2) is 9.37 Å². The minimum absolute atomic E-state index is 0.235. The second-order valence-electron chi connectivity index (χ2n) is 7.46. The lowest BCUT2D eigenvalue weighted by atomic mass is 10.0. The summed E-state index contributed by atoms with van der Waals surface area (Å²) in [4.78, 5) is 32.4. The van der Waals surface area contributed by atoms with Gasteiger partial charge in [-0.3, -0.25) is 14.9 Å². The molecule has 0 radical (unpaired) electrons. The fourth-order valence-corrected chi connectivity index (χ4v) is 4.48. The highest BCUT2D eigenvalue weighted by Gasteiger charge is 2.37. The maximum Gasteiger partial charge on any atom is 0.255 e. The van der Waals surface area contributed by atoms with Crippen molar-refractivity contribution in [3.63, 3.8) is 0 Å². The van der Waals surface area contributed by atoms with Gasteiger partial charge < -0.3 is 4.90 Å². The number of anilines is 1. The number of hydrogen-bond acceptors (Lipinski definition) is 4. The number of fused-ring (bicyclic) bond motifs is 1. The van der Waals surface area contributed by atoms with Gasteiger partial charge in [-0.2, -0.15) is 0 Å². The van der Waals surface area contributed by atoms with Gasteiger partial charge in [0.25, 0.3) is 11.8 Å². The van der Waals surface area contributed by atoms with Crippen molar-refractivity contribution >= 4 is 28.3 Å². The number of nitrogens with zero attached hydrogens (tertiary/aromatic N) is 2. The minimum Gasteiger partial charge on any atom is -0.318 e. The molecule has 0 fully saturated rings. The van der Waals surface area contributed by atoms with Crippen LogP contribution in [0.2, 0.25) is 0 Å². The summed E-state index contributed by atoms with van der Waals surface area (Å²) in [6.07, 6.45) is 1.61. The van der Waals surface area contributed by atoms with Gasteiger partial charge in [-0.1, -0.05) is 54.6 Å². The Kier molecular flexibility index (Phi) is 5.25. The van der Waals surface area contributed by atoms with Crippen LogP contribution in [0.1, 0.15) is 27.5 Å². The fraction of sp³-hybridized carbons (Fsp3) is 0.0800. The summed E-state index contributed by atoms with van der Waals surface area (Å²) in [5.41, 5.74) is 3.52. The average molecular weight is 444 g/mol. The van der Waals surface area contributed by atoms with Crippen molar-refractivity contribution in [2.45, 2.75) is 12.6 Å². The van der Waals surface area contributed by atoms with Crippen molar-refractivity contribution < 1.29 is 14.0 Å². The molecule has 0 saturated heterocycles. The quantitative estimate of drug-likeness (QED) is 0.456. The second kappa shape index (κ2) is 8.36. The zero-order valence-corrected chi connectivity index (χ0v) is 17.7. The molecular formula is C25H18FN3O2S. The van der Waals surface area contributed by atoms with Gasteiger partial charge in [0.2, 0.25) is 0 Å². The van der Waals surface area contributed by atoms with E-state index in [4.69, 9.17) is 0 Å². The molecule has 1 aliphatic heterocycles. The van der Waals surface area contributed by atoms with E-state index in [2.05, 4.69) is 10.3 Å². The summed E-state index contributed by atoms with van der Waals surface area (Å²) < 4.78 is 13.7. The molecule has 3 aromatic carbocycles. The van der Waals surface area contributed by atoms with Gasteiger partial charge in [0.05, 0.1) is 0 Å². The number of thiazole rings is 1. The van der Waals surface area contributed by atoms with Gasteiger partial charge in [0.15, 0.2) is 5.13 Å². The first kappa shape index (κ1) is 20.1. The van der Waals surface area contributed by atoms with Gasteiger partial charge >= 0.3 is 0 Å². The number of aromatic nitrogens is 1. The zero-order chi connectivity index (χ0) is 22.1. The molecule has 7 heteroatoms. The van der Waals surface area contributed by atoms with Crippen molar-refractivity contribution in [3.8, 4) is 11.1 Å². The lowest BCUT2D eigenvalue weighted by Crippen LogP contribution is -2.37. The number of carbonyl (C=O) groups is 2. The van der Waals surface area contributed by atoms with Crippen LogP contribution in [0.5, 0.6) is 0 Å². The van der Waals surface area contributed by atoms with E-state index in [-0.39, 0.29) is 17.6 Å². The fourth-order valence-electron chi connectivity index (χ4n) is 3.95. The molecular weight excluding hydrogens is 425 g/mol. The molecule has 0 spiro atoms. The molecule has 0 aliphatic carbocycles. The Labute approximate surface area is 188 Å². The number of hydrogen-bond donors (Lipinski definition) is 1. The van der Waals surface area contributed by atoms with E-state index >= 15 is 0 Å². The highest BCUT2D eigenvalue weighted by molar-refractivity contribution is 7.13. The van der Waals surface area contributed by atoms with Crippen LogP contribution >= 0.6 is 11.3 Å². The first-order valence-corrected chi connectivity index (χ1v) is 10.9. The zero-order valence-electron chi connectivity index (χ0n) is 16.9. The number of rotatable bonds is 5. The van der Waals surface area contributed by atoms with Crippen LogP contribution in [0.3, 0.4) is 0 Å². The highest BCUT2D eigenvalue weighted by Crippen LogP contribution is 2.35. The summed E-state index contributed by atoms with van der Waals surface area (Å²) >= 11 is 1.32. The Morgan fingerprint density at radius 1 is 1.03 bits per heavy atom. The third-order valence-corrected chi connectivity index (χ3v) is 6.13. The van der Waals surface area contributed by atoms with Crippen molar-refractivity contribution in [2.24, 2.45) is 0 Å². The van der Waals surface area contributed by atoms with E-state index < -0.39 is 6.04 Å². The molecule has 1 aromatic heterocycles. The summed E-state index contributed by atoms with van der Waals surface area (Å²) in [7, 11) is 0. The Bertz CT molecular complexity index is 1290. The Morgan fingerprint density at radius 3 is 2.59 bits per heavy atom. The van der Waals surface area contributed by atoms with Gasteiger partial charge in [-0.05, 0) is 40.5 Å². The van der Waals surface area contributed by atoms with Crippen LogP contribution < -0.4 is 5.32 Å². The molecule has 5 nitrogen and oxygen atoms in total. The number of nitrogens with one attached hydrogen (secondary N) is 1. The maximum atomic E-state index is 13.7. The first-order chi connectivity index (χ1) is 15.6. The number of amides is 2. The maximum absolute atomic E-state index is 13.7. The largest absolute Gasteiger partial charge is 0.318 e. The normalized spacial score (nSPS) is 13.7. The summed E-state index contributed by atoms with van der Waals surface area (Å²) in [5.74, 6) is -0.891. The van der Waals surface area contributed by atoms with Gasteiger partial charge in [0.1, 0.15) is 11.9 Å². The van der Waals surface area contributed by atoms with Crippen LogP contribution in [0.4, 0.5) is 9.52 Å². The smallest absolute Gasteiger partial charge is 0.255 e. The summed E-state index contributed by atoms with van der Waals surface area (Å²) in [5, 5.41) is 5.08. The van der Waals surface area contributed by atoms with Crippen LogP contribution in [-0.4, -0.2) is 21.7 Å². The van der Waals surface area contributed by atoms with Crippen molar-refractivity contribution in [1.29, 1.82) is 0 Å². The standard InChI is InChI=1S/C25H18FN3O2S/c26-20-8-4-7-17(13-20)18-9-10-19-15-29(24(31)21(19)14-18)22(16-5-2-1-3-6-16)23(30)28-25-27-11-12-32-25/h1-14,22H,15H2,(H,27,28,30). The monoisotopic (exact) mass is 443 g/mol. The number of carbonyl (C=O) groups excluding carboxylic acids is 2. The summed E-state index contributed by atoms with van der Waals surface area (Å²) in [6, 6.07) is 20.2. The topological polar surface area (TPSA) is 62.3 Å². The van der Waals surface area contributed by atoms with E-state index in [1.807, 2.05) is 42.5 Å². The van der Waals surface area contributed by atoms with Crippen molar-refractivity contribution in [3.05, 3.63) is 107 Å². The molecule has 5 rings (SSSR count). The number of benzene rings is 3. The molecule has 2 heterocycles. The van der Waals surface area contributed by atoms with Gasteiger partial charge in [0, 0.05) is 23.7 Å². The third-order valence-electron chi connectivity index (χ3n) is 5.44. The molecule has 1 aliphatic rings. The summed E-state index contributed by atoms with van der Waals surface area (Å²) in [6.45, 7) is 0.308. The van der Waals surface area contributed by atoms with E-state index in [0.29, 0.717) is 28.4 Å². The van der Waals surface area contributed by atoms with E-state index in [1.165, 1.54) is 23.5 Å². The second-order valence-corrected chi connectivity index (χ2v) is 8.35. The Morgan fingerprint density at radius 2 is 1.84 bits per heavy atom. The first-order valence-electron chi connectivity index (χ1n) is 10.1. The predicted octanol–water partition coefficient (Wildman–Crippen LogP) is 5.29. The molecule has 1 unspecified atom stereocenters. The number of halogens is 1. The van der Waals surface area contributed by atoms with Gasteiger partial charge in [-0.15, -0.1) is 11.3 Å². The van der Waals surface area contributed by atoms with Crippen LogP contribution in [-0.2, 0) is 11.3 Å². The van der Waals surface area contributed by atoms with Crippen molar-refractivity contribution in [1.82, 2.24) is 9.88 Å². The molecule has 1 N–H and O–H groups in total. The molecule has 158 valence electrons. The van der Waals surface area contributed by atoms with Crippen molar-refractivity contribution in [2.75, 3.05) is 5.32 Å². The molecule has 1 atom stereocenters. The predicted molar refractivity (Wildman–Crippen MR) is 122 cm³/mol. The molecule has 0 saturated carbocycles. The minimum atomic E-state index is -0.808. The Balaban J connectivity index is 1.49. The Hall–Kier alpha value is -3.84. The third kappa shape index (κ3) is 3.78. The average Bonchev–Trinajstić information content (AvgIpc) is 3.43. The molecule has 4 aromatic rings. The molecule has 2 amide bonds.